The van der Waals surface area contributed by atoms with Gasteiger partial charge in [-0.3, -0.25) is 0 Å². The van der Waals surface area contributed by atoms with Crippen LogP contribution in [0.25, 0.3) is 5.69 Å². The van der Waals surface area contributed by atoms with Crippen molar-refractivity contribution in [2.45, 2.75) is 19.0 Å². The van der Waals surface area contributed by atoms with Crippen LogP contribution in [0.15, 0.2) is 41.6 Å². The molecule has 0 saturated heterocycles. The largest absolute Gasteiger partial charge is 1.00 e. The minimum atomic E-state index is 0. The normalized spacial score (nSPS) is 9.82. The molecule has 1 aromatic carbocycles. The van der Waals surface area contributed by atoms with E-state index in [4.69, 9.17) is 0 Å². The zero-order valence-corrected chi connectivity index (χ0v) is 13.1. The van der Waals surface area contributed by atoms with Crippen LogP contribution in [-0.2, 0) is 0 Å². The molecule has 0 aliphatic rings. The van der Waals surface area contributed by atoms with Gasteiger partial charge in [0.15, 0.2) is 5.69 Å². The van der Waals surface area contributed by atoms with E-state index in [1.807, 2.05) is 25.1 Å². The maximum Gasteiger partial charge on any atom is 0.364 e. The molecule has 0 saturated carbocycles. The van der Waals surface area contributed by atoms with Crippen LogP contribution < -0.4 is 28.5 Å². The second kappa shape index (κ2) is 6.35. The van der Waals surface area contributed by atoms with Gasteiger partial charge in [-0.2, -0.15) is 4.57 Å². The van der Waals surface area contributed by atoms with Gasteiger partial charge in [0.2, 0.25) is 0 Å². The summed E-state index contributed by atoms with van der Waals surface area (Å²) in [5.74, 6) is 0. The Bertz CT molecular complexity index is 500. The van der Waals surface area contributed by atoms with E-state index in [-0.39, 0.29) is 24.0 Å². The lowest BCUT2D eigenvalue weighted by Crippen LogP contribution is -3.00. The summed E-state index contributed by atoms with van der Waals surface area (Å²) in [6, 6.07) is 12.4. The molecule has 1 heterocycles. The summed E-state index contributed by atoms with van der Waals surface area (Å²) in [6.45, 7) is 4.14. The zero-order valence-electron chi connectivity index (χ0n) is 10.1. The fourth-order valence-electron chi connectivity index (χ4n) is 1.78. The number of hydrogen-bond donors (Lipinski definition) is 0. The Morgan fingerprint density at radius 3 is 2.35 bits per heavy atom. The number of para-hydroxylation sites is 1. The molecule has 0 aliphatic heterocycles. The molecule has 2 rings (SSSR count). The summed E-state index contributed by atoms with van der Waals surface area (Å²) in [5, 5.41) is 1.03. The van der Waals surface area contributed by atoms with Gasteiger partial charge in [-0.1, -0.05) is 18.2 Å². The monoisotopic (exact) mass is 358 g/mol. The van der Waals surface area contributed by atoms with Crippen LogP contribution in [0, 0.1) is 13.8 Å². The lowest BCUT2D eigenvalue weighted by molar-refractivity contribution is -0.647. The molecule has 90 valence electrons. The molecular weight excluding hydrogens is 343 g/mol. The molecule has 0 radical (unpaired) electrons. The van der Waals surface area contributed by atoms with Gasteiger partial charge < -0.3 is 24.0 Å². The van der Waals surface area contributed by atoms with Gasteiger partial charge in [-0.15, -0.1) is 0 Å². The highest BCUT2D eigenvalue weighted by Crippen LogP contribution is 2.12. The van der Waals surface area contributed by atoms with Crippen molar-refractivity contribution in [1.29, 1.82) is 0 Å². The molecular formula is C13H15IN2S. The van der Waals surface area contributed by atoms with Crippen molar-refractivity contribution in [3.8, 4) is 5.69 Å². The first-order valence-corrected chi connectivity index (χ1v) is 6.44. The van der Waals surface area contributed by atoms with Crippen molar-refractivity contribution in [2.75, 3.05) is 6.26 Å². The lowest BCUT2D eigenvalue weighted by atomic mass is 10.3. The van der Waals surface area contributed by atoms with Gasteiger partial charge in [-0.25, -0.2) is 0 Å². The van der Waals surface area contributed by atoms with Crippen LogP contribution in [0.4, 0.5) is 0 Å². The molecule has 0 unspecified atom stereocenters. The van der Waals surface area contributed by atoms with E-state index in [0.29, 0.717) is 0 Å². The summed E-state index contributed by atoms with van der Waals surface area (Å²) in [5.41, 5.74) is 3.44. The number of nitrogens with zero attached hydrogens (tertiary/aromatic N) is 2. The van der Waals surface area contributed by atoms with E-state index in [1.165, 1.54) is 5.69 Å². The van der Waals surface area contributed by atoms with Crippen molar-refractivity contribution in [3.63, 3.8) is 0 Å². The highest BCUT2D eigenvalue weighted by molar-refractivity contribution is 7.98. The fourth-order valence-corrected chi connectivity index (χ4v) is 2.45. The SMILES string of the molecule is CSc1nc(C)cc(C)[n+]1-c1ccccc1.[I-]. The first-order valence-electron chi connectivity index (χ1n) is 5.22. The van der Waals surface area contributed by atoms with Crippen molar-refractivity contribution < 1.29 is 28.5 Å². The molecule has 0 spiro atoms. The standard InChI is InChI=1S/C13H15N2S.HI/c1-10-9-11(2)15(13(14-10)16-3)12-7-5-4-6-8-12;/h4-9H,1-3H3;1H/q+1;/p-1. The lowest BCUT2D eigenvalue weighted by Gasteiger charge is -2.05. The zero-order chi connectivity index (χ0) is 11.5. The minimum Gasteiger partial charge on any atom is -1.00 e. The number of aromatic nitrogens is 2. The Hall–Kier alpha value is -0.620. The van der Waals surface area contributed by atoms with Crippen LogP contribution >= 0.6 is 11.8 Å². The molecule has 4 heteroatoms. The Labute approximate surface area is 123 Å². The first kappa shape index (κ1) is 14.4. The number of halogens is 1. The Kier molecular flexibility index (Phi) is 5.39. The summed E-state index contributed by atoms with van der Waals surface area (Å²) >= 11 is 1.67. The van der Waals surface area contributed by atoms with Crippen LogP contribution in [0.3, 0.4) is 0 Å². The number of thioether (sulfide) groups is 1. The summed E-state index contributed by atoms with van der Waals surface area (Å²) in [6.07, 6.45) is 2.06. The van der Waals surface area contributed by atoms with Crippen molar-refractivity contribution in [1.82, 2.24) is 4.98 Å². The molecule has 0 fully saturated rings. The second-order valence-corrected chi connectivity index (χ2v) is 4.47. The molecule has 0 aliphatic carbocycles. The minimum absolute atomic E-state index is 0. The van der Waals surface area contributed by atoms with E-state index < -0.39 is 0 Å². The molecule has 0 atom stereocenters. The van der Waals surface area contributed by atoms with Crippen molar-refractivity contribution >= 4 is 11.8 Å². The summed E-state index contributed by atoms with van der Waals surface area (Å²) in [7, 11) is 0. The van der Waals surface area contributed by atoms with Gasteiger partial charge in [-0.05, 0) is 42.1 Å². The second-order valence-electron chi connectivity index (χ2n) is 3.70. The number of benzene rings is 1. The molecule has 2 nitrogen and oxygen atoms in total. The van der Waals surface area contributed by atoms with Gasteiger partial charge in [0.05, 0.1) is 0 Å². The summed E-state index contributed by atoms with van der Waals surface area (Å²) < 4.78 is 2.18. The molecule has 1 aromatic heterocycles. The van der Waals surface area contributed by atoms with Crippen molar-refractivity contribution in [2.24, 2.45) is 0 Å². The molecule has 17 heavy (non-hydrogen) atoms. The maximum absolute atomic E-state index is 4.55. The molecule has 0 amide bonds. The van der Waals surface area contributed by atoms with E-state index >= 15 is 0 Å². The van der Waals surface area contributed by atoms with Gasteiger partial charge in [0.25, 0.3) is 0 Å². The van der Waals surface area contributed by atoms with E-state index in [2.05, 4.69) is 40.9 Å². The summed E-state index contributed by atoms with van der Waals surface area (Å²) in [4.78, 5) is 4.55. The van der Waals surface area contributed by atoms with E-state index in [1.54, 1.807) is 11.8 Å². The van der Waals surface area contributed by atoms with Gasteiger partial charge >= 0.3 is 5.16 Å². The third-order valence-corrected chi connectivity index (χ3v) is 3.07. The van der Waals surface area contributed by atoms with Crippen molar-refractivity contribution in [3.05, 3.63) is 47.8 Å². The predicted octanol–water partition coefficient (Wildman–Crippen LogP) is -0.299. The fraction of sp³-hybridized carbons (Fsp3) is 0.231. The third kappa shape index (κ3) is 3.19. The smallest absolute Gasteiger partial charge is 0.364 e. The first-order chi connectivity index (χ1) is 7.72. The highest BCUT2D eigenvalue weighted by Gasteiger charge is 2.17. The topological polar surface area (TPSA) is 16.8 Å². The predicted molar refractivity (Wildman–Crippen MR) is 67.0 cm³/mol. The Balaban J connectivity index is 0.00000144. The highest BCUT2D eigenvalue weighted by atomic mass is 127. The average molecular weight is 358 g/mol. The van der Waals surface area contributed by atoms with E-state index in [9.17, 15) is 0 Å². The van der Waals surface area contributed by atoms with Gasteiger partial charge in [0.1, 0.15) is 11.4 Å². The number of aryl methyl sites for hydroxylation is 2. The Morgan fingerprint density at radius 1 is 1.12 bits per heavy atom. The quantitative estimate of drug-likeness (QED) is 0.317. The van der Waals surface area contributed by atoms with Gasteiger partial charge in [0, 0.05) is 13.0 Å². The molecule has 0 N–H and O–H groups in total. The Morgan fingerprint density at radius 2 is 1.76 bits per heavy atom. The number of rotatable bonds is 2. The van der Waals surface area contributed by atoms with Crippen LogP contribution in [0.1, 0.15) is 11.4 Å². The van der Waals surface area contributed by atoms with Crippen LogP contribution in [0.2, 0.25) is 0 Å². The number of hydrogen-bond acceptors (Lipinski definition) is 2. The van der Waals surface area contributed by atoms with Crippen LogP contribution in [-0.4, -0.2) is 11.2 Å². The van der Waals surface area contributed by atoms with Crippen LogP contribution in [0.5, 0.6) is 0 Å². The molecule has 2 aromatic rings. The van der Waals surface area contributed by atoms with E-state index in [0.717, 1.165) is 16.5 Å². The molecule has 0 bridgehead atoms. The average Bonchev–Trinajstić information content (AvgIpc) is 2.29. The maximum atomic E-state index is 4.55. The third-order valence-electron chi connectivity index (χ3n) is 2.43.